The van der Waals surface area contributed by atoms with Gasteiger partial charge in [-0.3, -0.25) is 14.0 Å². The molecule has 24 heavy (non-hydrogen) atoms. The Morgan fingerprint density at radius 1 is 1.33 bits per heavy atom. The number of benzene rings is 1. The molecule has 0 aliphatic carbocycles. The molecule has 1 N–H and O–H groups in total. The van der Waals surface area contributed by atoms with E-state index in [2.05, 4.69) is 10.1 Å². The van der Waals surface area contributed by atoms with Crippen LogP contribution in [-0.4, -0.2) is 27.7 Å². The number of hydrogen-bond acceptors (Lipinski definition) is 5. The fourth-order valence-electron chi connectivity index (χ4n) is 2.32. The van der Waals surface area contributed by atoms with E-state index in [0.717, 1.165) is 16.7 Å². The van der Waals surface area contributed by atoms with E-state index in [1.165, 1.54) is 10.9 Å². The first-order valence-electron chi connectivity index (χ1n) is 6.55. The van der Waals surface area contributed by atoms with E-state index in [1.54, 1.807) is 13.2 Å². The van der Waals surface area contributed by atoms with Gasteiger partial charge in [-0.1, -0.05) is 0 Å². The monoisotopic (exact) mass is 372 g/mol. The summed E-state index contributed by atoms with van der Waals surface area (Å²) in [5, 5.41) is 3.77. The van der Waals surface area contributed by atoms with Gasteiger partial charge in [-0.25, -0.2) is 17.6 Å². The van der Waals surface area contributed by atoms with E-state index in [1.807, 2.05) is 0 Å². The number of fused-ring (bicyclic) bond motifs is 1. The van der Waals surface area contributed by atoms with Gasteiger partial charge in [0.1, 0.15) is 10.7 Å². The van der Waals surface area contributed by atoms with E-state index < -0.39 is 31.0 Å². The van der Waals surface area contributed by atoms with Crippen LogP contribution in [0.15, 0.2) is 39.0 Å². The van der Waals surface area contributed by atoms with Gasteiger partial charge < -0.3 is 4.98 Å². The Morgan fingerprint density at radius 2 is 2.04 bits per heavy atom. The van der Waals surface area contributed by atoms with Crippen molar-refractivity contribution < 1.29 is 12.8 Å². The summed E-state index contributed by atoms with van der Waals surface area (Å²) in [6.07, 6.45) is 3.10. The van der Waals surface area contributed by atoms with Crippen LogP contribution in [0.5, 0.6) is 0 Å². The highest BCUT2D eigenvalue weighted by Crippen LogP contribution is 2.22. The molecule has 11 heteroatoms. The van der Waals surface area contributed by atoms with Crippen molar-refractivity contribution in [3.05, 3.63) is 56.7 Å². The SMILES string of the molecule is Cn1cc(Cn2c(=O)[nH]c3cc(F)c(S(=O)(=O)Cl)cc3c2=O)cn1. The van der Waals surface area contributed by atoms with Gasteiger partial charge in [0.2, 0.25) is 0 Å². The van der Waals surface area contributed by atoms with Crippen LogP contribution < -0.4 is 11.2 Å². The topological polar surface area (TPSA) is 107 Å². The molecule has 0 aliphatic heterocycles. The van der Waals surface area contributed by atoms with Crippen molar-refractivity contribution in [2.24, 2.45) is 7.05 Å². The van der Waals surface area contributed by atoms with Gasteiger partial charge in [-0.2, -0.15) is 5.10 Å². The van der Waals surface area contributed by atoms with E-state index in [9.17, 15) is 22.4 Å². The van der Waals surface area contributed by atoms with Crippen LogP contribution in [0.1, 0.15) is 5.56 Å². The third kappa shape index (κ3) is 2.85. The average molecular weight is 373 g/mol. The van der Waals surface area contributed by atoms with Crippen LogP contribution >= 0.6 is 10.7 Å². The van der Waals surface area contributed by atoms with Gasteiger partial charge in [0.25, 0.3) is 14.6 Å². The lowest BCUT2D eigenvalue weighted by Crippen LogP contribution is -2.35. The molecule has 0 unspecified atom stereocenters. The van der Waals surface area contributed by atoms with Gasteiger partial charge in [-0.05, 0) is 12.1 Å². The minimum absolute atomic E-state index is 0.0711. The normalized spacial score (nSPS) is 12.0. The first-order chi connectivity index (χ1) is 11.2. The highest BCUT2D eigenvalue weighted by atomic mass is 35.7. The molecule has 3 aromatic rings. The van der Waals surface area contributed by atoms with E-state index in [4.69, 9.17) is 10.7 Å². The first kappa shape index (κ1) is 16.4. The van der Waals surface area contributed by atoms with Crippen molar-refractivity contribution in [2.75, 3.05) is 0 Å². The van der Waals surface area contributed by atoms with Crippen LogP contribution in [0.25, 0.3) is 10.9 Å². The van der Waals surface area contributed by atoms with Gasteiger partial charge in [0.05, 0.1) is 23.6 Å². The van der Waals surface area contributed by atoms with Crippen molar-refractivity contribution in [2.45, 2.75) is 11.4 Å². The lowest BCUT2D eigenvalue weighted by Gasteiger charge is -2.07. The third-order valence-corrected chi connectivity index (χ3v) is 4.73. The predicted octanol–water partition coefficient (Wildman–Crippen LogP) is 0.538. The maximum atomic E-state index is 13.8. The summed E-state index contributed by atoms with van der Waals surface area (Å²) in [4.78, 5) is 26.1. The molecule has 0 saturated heterocycles. The number of hydrogen-bond donors (Lipinski definition) is 1. The molecule has 1 aromatic carbocycles. The molecule has 2 aromatic heterocycles. The minimum atomic E-state index is -4.38. The number of halogens is 2. The Bertz CT molecular complexity index is 1180. The molecule has 3 rings (SSSR count). The summed E-state index contributed by atoms with van der Waals surface area (Å²) >= 11 is 0. The Hall–Kier alpha value is -2.46. The molecular weight excluding hydrogens is 363 g/mol. The van der Waals surface area contributed by atoms with Gasteiger partial charge in [-0.15, -0.1) is 0 Å². The fraction of sp³-hybridized carbons (Fsp3) is 0.154. The molecule has 0 bridgehead atoms. The zero-order valence-electron chi connectivity index (χ0n) is 12.2. The Labute approximate surface area is 138 Å². The predicted molar refractivity (Wildman–Crippen MR) is 84.1 cm³/mol. The van der Waals surface area contributed by atoms with Crippen molar-refractivity contribution in [3.8, 4) is 0 Å². The summed E-state index contributed by atoms with van der Waals surface area (Å²) in [6.45, 7) is -0.0711. The third-order valence-electron chi connectivity index (χ3n) is 3.40. The van der Waals surface area contributed by atoms with Crippen LogP contribution in [-0.2, 0) is 22.6 Å². The largest absolute Gasteiger partial charge is 0.329 e. The number of nitrogens with zero attached hydrogens (tertiary/aromatic N) is 3. The van der Waals surface area contributed by atoms with Crippen molar-refractivity contribution in [1.82, 2.24) is 19.3 Å². The van der Waals surface area contributed by atoms with Gasteiger partial charge in [0.15, 0.2) is 0 Å². The van der Waals surface area contributed by atoms with Crippen LogP contribution in [0.3, 0.4) is 0 Å². The van der Waals surface area contributed by atoms with Crippen molar-refractivity contribution in [3.63, 3.8) is 0 Å². The van der Waals surface area contributed by atoms with Crippen LogP contribution in [0.2, 0.25) is 0 Å². The lowest BCUT2D eigenvalue weighted by molar-refractivity contribution is 0.576. The standard InChI is InChI=1S/C13H10ClFN4O4S/c1-18-5-7(4-16-18)6-19-12(20)8-2-11(24(14,22)23)9(15)3-10(8)17-13(19)21/h2-5H,6H2,1H3,(H,17,21). The zero-order valence-corrected chi connectivity index (χ0v) is 13.7. The summed E-state index contributed by atoms with van der Waals surface area (Å²) in [5.41, 5.74) is -1.04. The fourth-order valence-corrected chi connectivity index (χ4v) is 3.23. The van der Waals surface area contributed by atoms with Crippen LogP contribution in [0.4, 0.5) is 4.39 Å². The molecule has 0 spiro atoms. The van der Waals surface area contributed by atoms with Crippen molar-refractivity contribution in [1.29, 1.82) is 0 Å². The molecule has 2 heterocycles. The van der Waals surface area contributed by atoms with E-state index in [0.29, 0.717) is 5.56 Å². The minimum Gasteiger partial charge on any atom is -0.307 e. The average Bonchev–Trinajstić information content (AvgIpc) is 2.87. The van der Waals surface area contributed by atoms with Crippen LogP contribution in [0, 0.1) is 5.82 Å². The molecule has 0 aliphatic rings. The maximum absolute atomic E-state index is 13.8. The summed E-state index contributed by atoms with van der Waals surface area (Å²) in [6, 6.07) is 1.56. The molecule has 126 valence electrons. The first-order valence-corrected chi connectivity index (χ1v) is 8.86. The molecule has 8 nitrogen and oxygen atoms in total. The van der Waals surface area contributed by atoms with Crippen molar-refractivity contribution >= 4 is 30.6 Å². The summed E-state index contributed by atoms with van der Waals surface area (Å²) in [7, 11) is 2.46. The molecular formula is C13H10ClFN4O4S. The van der Waals surface area contributed by atoms with Gasteiger partial charge >= 0.3 is 5.69 Å². The molecule has 0 radical (unpaired) electrons. The van der Waals surface area contributed by atoms with E-state index >= 15 is 0 Å². The number of aromatic amines is 1. The Balaban J connectivity index is 2.27. The zero-order chi connectivity index (χ0) is 17.6. The maximum Gasteiger partial charge on any atom is 0.329 e. The quantitative estimate of drug-likeness (QED) is 0.675. The summed E-state index contributed by atoms with van der Waals surface area (Å²) in [5.74, 6) is -1.16. The highest BCUT2D eigenvalue weighted by molar-refractivity contribution is 8.13. The molecule has 0 saturated carbocycles. The second kappa shape index (κ2) is 5.56. The molecule has 0 fully saturated rings. The number of rotatable bonds is 3. The number of aromatic nitrogens is 4. The second-order valence-corrected chi connectivity index (χ2v) is 7.64. The second-order valence-electron chi connectivity index (χ2n) is 5.11. The Kier molecular flexibility index (Phi) is 3.80. The van der Waals surface area contributed by atoms with E-state index in [-0.39, 0.29) is 17.4 Å². The summed E-state index contributed by atoms with van der Waals surface area (Å²) < 4.78 is 39.0. The number of nitrogens with one attached hydrogen (secondary N) is 1. The Morgan fingerprint density at radius 3 is 2.62 bits per heavy atom. The molecule has 0 atom stereocenters. The lowest BCUT2D eigenvalue weighted by atomic mass is 10.2. The van der Waals surface area contributed by atoms with Gasteiger partial charge in [0, 0.05) is 29.5 Å². The highest BCUT2D eigenvalue weighted by Gasteiger charge is 2.19. The molecule has 0 amide bonds. The smallest absolute Gasteiger partial charge is 0.307 e. The number of H-pyrrole nitrogens is 1. The number of aryl methyl sites for hydroxylation is 1.